The number of halogens is 2. The van der Waals surface area contributed by atoms with Gasteiger partial charge in [-0.3, -0.25) is 10.2 Å². The van der Waals surface area contributed by atoms with Gasteiger partial charge >= 0.3 is 0 Å². The largest absolute Gasteiger partial charge is 0.507 e. The molecule has 0 amide bonds. The first-order valence-corrected chi connectivity index (χ1v) is 8.86. The van der Waals surface area contributed by atoms with Crippen molar-refractivity contribution >= 4 is 39.4 Å². The van der Waals surface area contributed by atoms with E-state index in [0.29, 0.717) is 15.9 Å². The van der Waals surface area contributed by atoms with E-state index in [1.165, 1.54) is 23.2 Å². The standard InChI is InChI=1S/C18H14BrClN4O3/c1-27-13-5-3-12(4-6-13)24-18(26)17(20)15(10-22-24)23-21-9-11-2-7-16(25)14(19)8-11/h2-10,23,25H,1H3/b21-9-. The van der Waals surface area contributed by atoms with E-state index in [1.807, 2.05) is 0 Å². The van der Waals surface area contributed by atoms with E-state index < -0.39 is 5.56 Å². The minimum absolute atomic E-state index is 0.0372. The molecule has 0 atom stereocenters. The fourth-order valence-electron chi connectivity index (χ4n) is 2.20. The number of hydrogen-bond acceptors (Lipinski definition) is 6. The number of hydrogen-bond donors (Lipinski definition) is 2. The highest BCUT2D eigenvalue weighted by Crippen LogP contribution is 2.23. The van der Waals surface area contributed by atoms with E-state index in [-0.39, 0.29) is 16.5 Å². The number of hydrazone groups is 1. The molecule has 0 saturated carbocycles. The summed E-state index contributed by atoms with van der Waals surface area (Å²) in [4.78, 5) is 12.5. The number of nitrogens with one attached hydrogen (secondary N) is 1. The van der Waals surface area contributed by atoms with Crippen LogP contribution in [0.25, 0.3) is 5.69 Å². The Morgan fingerprint density at radius 2 is 2.04 bits per heavy atom. The van der Waals surface area contributed by atoms with Crippen molar-refractivity contribution in [1.29, 1.82) is 0 Å². The molecule has 9 heteroatoms. The van der Waals surface area contributed by atoms with E-state index in [2.05, 4.69) is 31.6 Å². The third-order valence-corrected chi connectivity index (χ3v) is 4.61. The SMILES string of the molecule is COc1ccc(-n2ncc(N/N=C\c3ccc(O)c(Br)c3)c(Cl)c2=O)cc1. The molecule has 3 rings (SSSR count). The van der Waals surface area contributed by atoms with Crippen LogP contribution in [0.4, 0.5) is 5.69 Å². The van der Waals surface area contributed by atoms with Crippen molar-refractivity contribution in [1.82, 2.24) is 9.78 Å². The Balaban J connectivity index is 1.81. The molecular weight excluding hydrogens is 436 g/mol. The molecule has 0 radical (unpaired) electrons. The molecule has 0 spiro atoms. The monoisotopic (exact) mass is 448 g/mol. The summed E-state index contributed by atoms with van der Waals surface area (Å²) < 4.78 is 6.83. The second-order valence-corrected chi connectivity index (χ2v) is 6.60. The zero-order valence-corrected chi connectivity index (χ0v) is 16.4. The molecule has 0 fully saturated rings. The first-order valence-electron chi connectivity index (χ1n) is 7.69. The Morgan fingerprint density at radius 1 is 1.30 bits per heavy atom. The Bertz CT molecular complexity index is 1050. The van der Waals surface area contributed by atoms with Crippen molar-refractivity contribution in [2.24, 2.45) is 5.10 Å². The van der Waals surface area contributed by atoms with E-state index in [0.717, 1.165) is 5.56 Å². The zero-order chi connectivity index (χ0) is 19.4. The molecule has 27 heavy (non-hydrogen) atoms. The van der Waals surface area contributed by atoms with Crippen LogP contribution < -0.4 is 15.7 Å². The van der Waals surface area contributed by atoms with Crippen LogP contribution >= 0.6 is 27.5 Å². The van der Waals surface area contributed by atoms with Gasteiger partial charge in [-0.15, -0.1) is 0 Å². The molecule has 0 saturated heterocycles. The van der Waals surface area contributed by atoms with Gasteiger partial charge in [0.1, 0.15) is 22.2 Å². The molecule has 1 aromatic heterocycles. The molecule has 0 unspecified atom stereocenters. The van der Waals surface area contributed by atoms with Gasteiger partial charge in [0.05, 0.1) is 29.7 Å². The number of nitrogens with zero attached hydrogens (tertiary/aromatic N) is 3. The molecule has 0 bridgehead atoms. The molecule has 0 aliphatic carbocycles. The molecule has 0 aliphatic rings. The highest BCUT2D eigenvalue weighted by molar-refractivity contribution is 9.10. The van der Waals surface area contributed by atoms with Crippen LogP contribution in [0.2, 0.25) is 5.02 Å². The van der Waals surface area contributed by atoms with Gasteiger partial charge in [-0.2, -0.15) is 14.9 Å². The normalized spacial score (nSPS) is 10.9. The molecule has 3 aromatic rings. The van der Waals surface area contributed by atoms with Crippen molar-refractivity contribution in [3.05, 3.63) is 74.1 Å². The smallest absolute Gasteiger partial charge is 0.292 e. The average molecular weight is 450 g/mol. The lowest BCUT2D eigenvalue weighted by Gasteiger charge is -2.08. The lowest BCUT2D eigenvalue weighted by atomic mass is 10.2. The van der Waals surface area contributed by atoms with Crippen LogP contribution in [-0.4, -0.2) is 28.2 Å². The highest BCUT2D eigenvalue weighted by atomic mass is 79.9. The van der Waals surface area contributed by atoms with Crippen LogP contribution in [0.15, 0.2) is 63.0 Å². The van der Waals surface area contributed by atoms with Gasteiger partial charge in [0.25, 0.3) is 5.56 Å². The van der Waals surface area contributed by atoms with Crippen molar-refractivity contribution in [2.45, 2.75) is 0 Å². The summed E-state index contributed by atoms with van der Waals surface area (Å²) in [5.41, 5.74) is 3.80. The van der Waals surface area contributed by atoms with Crippen LogP contribution in [0.3, 0.4) is 0 Å². The quantitative estimate of drug-likeness (QED) is 0.457. The molecule has 138 valence electrons. The van der Waals surface area contributed by atoms with Crippen molar-refractivity contribution in [2.75, 3.05) is 12.5 Å². The number of benzene rings is 2. The van der Waals surface area contributed by atoms with E-state index in [4.69, 9.17) is 16.3 Å². The van der Waals surface area contributed by atoms with Gasteiger partial charge in [0, 0.05) is 0 Å². The summed E-state index contributed by atoms with van der Waals surface area (Å²) in [6.45, 7) is 0. The average Bonchev–Trinajstić information content (AvgIpc) is 2.68. The molecule has 2 aromatic carbocycles. The fraction of sp³-hybridized carbons (Fsp3) is 0.0556. The Hall–Kier alpha value is -2.84. The third kappa shape index (κ3) is 4.29. The molecule has 0 aliphatic heterocycles. The van der Waals surface area contributed by atoms with E-state index in [9.17, 15) is 9.90 Å². The number of phenols is 1. The van der Waals surface area contributed by atoms with Crippen molar-refractivity contribution in [3.8, 4) is 17.2 Å². The van der Waals surface area contributed by atoms with Gasteiger partial charge < -0.3 is 9.84 Å². The number of ether oxygens (including phenoxy) is 1. The molecule has 2 N–H and O–H groups in total. The summed E-state index contributed by atoms with van der Waals surface area (Å²) >= 11 is 9.39. The first-order chi connectivity index (χ1) is 13.0. The van der Waals surface area contributed by atoms with E-state index in [1.54, 1.807) is 43.5 Å². The lowest BCUT2D eigenvalue weighted by Crippen LogP contribution is -2.22. The van der Waals surface area contributed by atoms with Crippen LogP contribution in [-0.2, 0) is 0 Å². The summed E-state index contributed by atoms with van der Waals surface area (Å²) in [6.07, 6.45) is 2.94. The minimum Gasteiger partial charge on any atom is -0.507 e. The Labute approximate surface area is 168 Å². The molecular formula is C18H14BrClN4O3. The number of aromatic hydroxyl groups is 1. The molecule has 1 heterocycles. The van der Waals surface area contributed by atoms with Gasteiger partial charge in [0.15, 0.2) is 0 Å². The van der Waals surface area contributed by atoms with Crippen LogP contribution in [0.1, 0.15) is 5.56 Å². The molecule has 7 nitrogen and oxygen atoms in total. The first kappa shape index (κ1) is 18.9. The van der Waals surface area contributed by atoms with Crippen LogP contribution in [0.5, 0.6) is 11.5 Å². The number of rotatable bonds is 5. The van der Waals surface area contributed by atoms with Gasteiger partial charge in [-0.1, -0.05) is 11.6 Å². The third-order valence-electron chi connectivity index (χ3n) is 3.61. The summed E-state index contributed by atoms with van der Waals surface area (Å²) in [6, 6.07) is 11.8. The number of anilines is 1. The van der Waals surface area contributed by atoms with Crippen molar-refractivity contribution in [3.63, 3.8) is 0 Å². The fourth-order valence-corrected chi connectivity index (χ4v) is 2.77. The Kier molecular flexibility index (Phi) is 5.78. The second kappa shape index (κ2) is 8.24. The minimum atomic E-state index is -0.477. The van der Waals surface area contributed by atoms with Crippen LogP contribution in [0, 0.1) is 0 Å². The maximum absolute atomic E-state index is 12.5. The topological polar surface area (TPSA) is 88.7 Å². The number of phenolic OH excluding ortho intramolecular Hbond substituents is 1. The van der Waals surface area contributed by atoms with Gasteiger partial charge in [-0.05, 0) is 64.0 Å². The van der Waals surface area contributed by atoms with Crippen molar-refractivity contribution < 1.29 is 9.84 Å². The summed E-state index contributed by atoms with van der Waals surface area (Å²) in [5, 5.41) is 17.6. The zero-order valence-electron chi connectivity index (χ0n) is 14.1. The summed E-state index contributed by atoms with van der Waals surface area (Å²) in [5.74, 6) is 0.806. The maximum atomic E-state index is 12.5. The van der Waals surface area contributed by atoms with E-state index >= 15 is 0 Å². The van der Waals surface area contributed by atoms with Gasteiger partial charge in [-0.25, -0.2) is 0 Å². The predicted octanol–water partition coefficient (Wildman–Crippen LogP) is 3.81. The maximum Gasteiger partial charge on any atom is 0.292 e. The summed E-state index contributed by atoms with van der Waals surface area (Å²) in [7, 11) is 1.56. The lowest BCUT2D eigenvalue weighted by molar-refractivity contribution is 0.414. The Morgan fingerprint density at radius 3 is 2.70 bits per heavy atom. The predicted molar refractivity (Wildman–Crippen MR) is 108 cm³/mol. The highest BCUT2D eigenvalue weighted by Gasteiger charge is 2.10. The second-order valence-electron chi connectivity index (χ2n) is 5.37. The number of methoxy groups -OCH3 is 1. The van der Waals surface area contributed by atoms with Gasteiger partial charge in [0.2, 0.25) is 0 Å². The number of aromatic nitrogens is 2.